The molecular weight excluding hydrogens is 377 g/mol. The Balaban J connectivity index is 1.29. The number of hydrogen-bond donors (Lipinski definition) is 1. The van der Waals surface area contributed by atoms with Crippen molar-refractivity contribution < 1.29 is 9.18 Å². The fourth-order valence-electron chi connectivity index (χ4n) is 3.80. The molecule has 0 unspecified atom stereocenters. The molecule has 1 aliphatic heterocycles. The fraction of sp³-hybridized carbons (Fsp3) is 0.318. The molecule has 0 atom stereocenters. The van der Waals surface area contributed by atoms with Crippen molar-refractivity contribution in [3.63, 3.8) is 0 Å². The lowest BCUT2D eigenvalue weighted by Gasteiger charge is -2.35. The summed E-state index contributed by atoms with van der Waals surface area (Å²) in [5.41, 5.74) is 2.81. The van der Waals surface area contributed by atoms with Gasteiger partial charge in [-0.15, -0.1) is 0 Å². The van der Waals surface area contributed by atoms with Gasteiger partial charge in [0.2, 0.25) is 5.91 Å². The lowest BCUT2D eigenvalue weighted by molar-refractivity contribution is -0.133. The van der Waals surface area contributed by atoms with Crippen LogP contribution in [0.1, 0.15) is 17.5 Å². The zero-order valence-electron chi connectivity index (χ0n) is 15.6. The molecule has 3 aromatic rings. The van der Waals surface area contributed by atoms with Gasteiger partial charge in [-0.1, -0.05) is 35.9 Å². The predicted molar refractivity (Wildman–Crippen MR) is 110 cm³/mol. The van der Waals surface area contributed by atoms with E-state index in [0.717, 1.165) is 25.0 Å². The normalized spacial score (nSPS) is 15.3. The number of carbonyl (C=O) groups is 1. The molecule has 28 heavy (non-hydrogen) atoms. The number of benzene rings is 2. The molecule has 6 heteroatoms. The topological polar surface area (TPSA) is 39.3 Å². The van der Waals surface area contributed by atoms with Gasteiger partial charge in [-0.25, -0.2) is 4.39 Å². The van der Waals surface area contributed by atoms with Crippen molar-refractivity contribution in [2.75, 3.05) is 26.2 Å². The summed E-state index contributed by atoms with van der Waals surface area (Å²) in [6, 6.07) is 12.9. The highest BCUT2D eigenvalue weighted by Gasteiger charge is 2.22. The van der Waals surface area contributed by atoms with Gasteiger partial charge in [-0.3, -0.25) is 9.69 Å². The van der Waals surface area contributed by atoms with Crippen molar-refractivity contribution in [1.29, 1.82) is 0 Å². The second-order valence-corrected chi connectivity index (χ2v) is 7.62. The largest absolute Gasteiger partial charge is 0.361 e. The highest BCUT2D eigenvalue weighted by molar-refractivity contribution is 6.31. The Bertz CT molecular complexity index is 959. The van der Waals surface area contributed by atoms with Crippen LogP contribution < -0.4 is 0 Å². The van der Waals surface area contributed by atoms with Gasteiger partial charge < -0.3 is 9.88 Å². The van der Waals surface area contributed by atoms with Crippen LogP contribution in [0.3, 0.4) is 0 Å². The van der Waals surface area contributed by atoms with Crippen molar-refractivity contribution in [3.8, 4) is 0 Å². The van der Waals surface area contributed by atoms with Gasteiger partial charge in [0, 0.05) is 66.8 Å². The first-order valence-electron chi connectivity index (χ1n) is 9.60. The van der Waals surface area contributed by atoms with Crippen molar-refractivity contribution in [2.24, 2.45) is 0 Å². The summed E-state index contributed by atoms with van der Waals surface area (Å²) in [5.74, 6) is -0.0985. The molecule has 1 saturated heterocycles. The van der Waals surface area contributed by atoms with E-state index in [4.69, 9.17) is 11.6 Å². The monoisotopic (exact) mass is 399 g/mol. The van der Waals surface area contributed by atoms with Gasteiger partial charge in [0.05, 0.1) is 0 Å². The minimum Gasteiger partial charge on any atom is -0.361 e. The maximum Gasteiger partial charge on any atom is 0.222 e. The number of aromatic nitrogens is 1. The van der Waals surface area contributed by atoms with Gasteiger partial charge in [0.1, 0.15) is 5.82 Å². The van der Waals surface area contributed by atoms with Crippen molar-refractivity contribution in [1.82, 2.24) is 14.8 Å². The number of rotatable bonds is 5. The van der Waals surface area contributed by atoms with E-state index in [-0.39, 0.29) is 11.7 Å². The van der Waals surface area contributed by atoms with Crippen LogP contribution in [0.25, 0.3) is 10.9 Å². The number of carbonyl (C=O) groups excluding carboxylic acids is 1. The number of amides is 1. The minimum atomic E-state index is -0.273. The fourth-order valence-corrected chi connectivity index (χ4v) is 4.02. The Morgan fingerprint density at radius 3 is 2.64 bits per heavy atom. The molecule has 146 valence electrons. The smallest absolute Gasteiger partial charge is 0.222 e. The summed E-state index contributed by atoms with van der Waals surface area (Å²) < 4.78 is 14.0. The van der Waals surface area contributed by atoms with Gasteiger partial charge in [-0.05, 0) is 30.2 Å². The number of H-pyrrole nitrogens is 1. The molecule has 4 nitrogen and oxygen atoms in total. The van der Waals surface area contributed by atoms with Gasteiger partial charge in [-0.2, -0.15) is 0 Å². The Kier molecular flexibility index (Phi) is 5.64. The van der Waals surface area contributed by atoms with Crippen LogP contribution in [0.2, 0.25) is 5.02 Å². The summed E-state index contributed by atoms with van der Waals surface area (Å²) in [4.78, 5) is 19.9. The van der Waals surface area contributed by atoms with Crippen LogP contribution in [0.4, 0.5) is 4.39 Å². The summed E-state index contributed by atoms with van der Waals surface area (Å²) in [5, 5.41) is 1.64. The molecular formula is C22H23ClFN3O. The highest BCUT2D eigenvalue weighted by Crippen LogP contribution is 2.22. The number of para-hydroxylation sites is 1. The summed E-state index contributed by atoms with van der Waals surface area (Å²) in [7, 11) is 0. The lowest BCUT2D eigenvalue weighted by atomic mass is 10.1. The van der Waals surface area contributed by atoms with E-state index in [9.17, 15) is 9.18 Å². The molecule has 1 fully saturated rings. The van der Waals surface area contributed by atoms with Crippen molar-refractivity contribution >= 4 is 28.4 Å². The van der Waals surface area contributed by atoms with Crippen LogP contribution in [0.5, 0.6) is 0 Å². The maximum absolute atomic E-state index is 14.0. The number of nitrogens with zero attached hydrogens (tertiary/aromatic N) is 2. The number of piperazine rings is 1. The Morgan fingerprint density at radius 2 is 1.86 bits per heavy atom. The SMILES string of the molecule is O=C(CCc1c[nH]c2ccccc12)N1CCN(Cc2c(F)cccc2Cl)CC1. The third kappa shape index (κ3) is 4.05. The van der Waals surface area contributed by atoms with Crippen LogP contribution in [-0.2, 0) is 17.8 Å². The van der Waals surface area contributed by atoms with Crippen LogP contribution >= 0.6 is 11.6 Å². The zero-order valence-corrected chi connectivity index (χ0v) is 16.4. The van der Waals surface area contributed by atoms with Crippen LogP contribution in [0, 0.1) is 5.82 Å². The predicted octanol–water partition coefficient (Wildman–Crippen LogP) is 4.24. The molecule has 0 saturated carbocycles. The molecule has 1 amide bonds. The first-order valence-corrected chi connectivity index (χ1v) is 9.97. The van der Waals surface area contributed by atoms with Gasteiger partial charge in [0.25, 0.3) is 0 Å². The van der Waals surface area contributed by atoms with E-state index >= 15 is 0 Å². The quantitative estimate of drug-likeness (QED) is 0.697. The van der Waals surface area contributed by atoms with Crippen LogP contribution in [0.15, 0.2) is 48.7 Å². The number of halogens is 2. The summed E-state index contributed by atoms with van der Waals surface area (Å²) in [6.07, 6.45) is 3.23. The molecule has 1 N–H and O–H groups in total. The number of aryl methyl sites for hydroxylation is 1. The second-order valence-electron chi connectivity index (χ2n) is 7.22. The van der Waals surface area contributed by atoms with Gasteiger partial charge in [0.15, 0.2) is 0 Å². The maximum atomic E-state index is 14.0. The summed E-state index contributed by atoms with van der Waals surface area (Å²) in [6.45, 7) is 3.26. The van der Waals surface area contributed by atoms with E-state index in [2.05, 4.69) is 16.0 Å². The Morgan fingerprint density at radius 1 is 1.07 bits per heavy atom. The molecule has 0 bridgehead atoms. The van der Waals surface area contributed by atoms with Crippen LogP contribution in [-0.4, -0.2) is 46.9 Å². The summed E-state index contributed by atoms with van der Waals surface area (Å²) >= 11 is 6.13. The molecule has 2 aromatic carbocycles. The number of aromatic amines is 1. The zero-order chi connectivity index (χ0) is 19.5. The number of nitrogens with one attached hydrogen (secondary N) is 1. The Labute approximate surface area is 168 Å². The lowest BCUT2D eigenvalue weighted by Crippen LogP contribution is -2.48. The number of hydrogen-bond acceptors (Lipinski definition) is 2. The third-order valence-electron chi connectivity index (χ3n) is 5.45. The minimum absolute atomic E-state index is 0.175. The van der Waals surface area contributed by atoms with Crippen molar-refractivity contribution in [2.45, 2.75) is 19.4 Å². The van der Waals surface area contributed by atoms with E-state index in [1.165, 1.54) is 17.0 Å². The van der Waals surface area contributed by atoms with E-state index in [0.29, 0.717) is 36.6 Å². The average molecular weight is 400 g/mol. The molecule has 4 rings (SSSR count). The molecule has 1 aliphatic rings. The molecule has 2 heterocycles. The average Bonchev–Trinajstić information content (AvgIpc) is 3.13. The first kappa shape index (κ1) is 19.0. The molecule has 0 aliphatic carbocycles. The third-order valence-corrected chi connectivity index (χ3v) is 5.81. The van der Waals surface area contributed by atoms with E-state index < -0.39 is 0 Å². The molecule has 0 radical (unpaired) electrons. The Hall–Kier alpha value is -2.37. The van der Waals surface area contributed by atoms with E-state index in [1.807, 2.05) is 29.3 Å². The first-order chi connectivity index (χ1) is 13.6. The second kappa shape index (κ2) is 8.33. The molecule has 0 spiro atoms. The van der Waals surface area contributed by atoms with E-state index in [1.54, 1.807) is 12.1 Å². The standard InChI is InChI=1S/C22H23ClFN3O/c23-19-5-3-6-20(24)18(19)15-26-10-12-27(13-11-26)22(28)9-8-16-14-25-21-7-2-1-4-17(16)21/h1-7,14,25H,8-13,15H2. The molecule has 1 aromatic heterocycles. The van der Waals surface area contributed by atoms with Gasteiger partial charge >= 0.3 is 0 Å². The highest BCUT2D eigenvalue weighted by atomic mass is 35.5. The number of fused-ring (bicyclic) bond motifs is 1. The van der Waals surface area contributed by atoms with Crippen molar-refractivity contribution in [3.05, 3.63) is 70.6 Å².